The smallest absolute Gasteiger partial charge is 0.115 e. The molecule has 0 radical (unpaired) electrons. The molecule has 0 aliphatic rings. The lowest BCUT2D eigenvalue weighted by molar-refractivity contribution is 0.0458. The first-order chi connectivity index (χ1) is 12.4. The van der Waals surface area contributed by atoms with E-state index in [0.717, 1.165) is 5.56 Å². The summed E-state index contributed by atoms with van der Waals surface area (Å²) >= 11 is 0. The molecule has 142 valence electrons. The number of likely N-dealkylation sites (N-methyl/N-ethyl adjacent to an activating group) is 1. The lowest BCUT2D eigenvalue weighted by Crippen LogP contribution is -2.33. The lowest BCUT2D eigenvalue weighted by atomic mass is 10.0. The van der Waals surface area contributed by atoms with Crippen molar-refractivity contribution in [3.63, 3.8) is 0 Å². The van der Waals surface area contributed by atoms with Gasteiger partial charge < -0.3 is 30.4 Å². The van der Waals surface area contributed by atoms with Gasteiger partial charge in [0.25, 0.3) is 0 Å². The van der Waals surface area contributed by atoms with Crippen LogP contribution in [0.2, 0.25) is 0 Å². The van der Waals surface area contributed by atoms with Gasteiger partial charge in [-0.05, 0) is 35.9 Å². The molecule has 0 saturated carbocycles. The molecular weight excluding hydrogens is 334 g/mol. The third kappa shape index (κ3) is 6.09. The molecule has 0 fully saturated rings. The number of phenolic OH excluding ortho intramolecular Hbond substituents is 1. The van der Waals surface area contributed by atoms with Gasteiger partial charge in [-0.25, -0.2) is 0 Å². The zero-order valence-corrected chi connectivity index (χ0v) is 14.9. The Kier molecular flexibility index (Phi) is 7.56. The fourth-order valence-corrected chi connectivity index (χ4v) is 2.88. The minimum Gasteiger partial charge on any atom is -0.508 e. The summed E-state index contributed by atoms with van der Waals surface area (Å²) in [5.74, 6) is 0.0968. The molecule has 3 atom stereocenters. The summed E-state index contributed by atoms with van der Waals surface area (Å²) in [7, 11) is 1.78. The fourth-order valence-electron chi connectivity index (χ4n) is 2.88. The molecule has 0 aliphatic heterocycles. The summed E-state index contributed by atoms with van der Waals surface area (Å²) in [4.78, 5) is 1.78. The predicted octanol–water partition coefficient (Wildman–Crippen LogP) is 1.33. The molecule has 2 aromatic carbocycles. The second-order valence-electron chi connectivity index (χ2n) is 6.64. The fraction of sp³-hybridized carbons (Fsp3) is 0.400. The van der Waals surface area contributed by atoms with E-state index < -0.39 is 18.3 Å². The average Bonchev–Trinajstić information content (AvgIpc) is 2.61. The molecule has 0 aromatic heterocycles. The van der Waals surface area contributed by atoms with E-state index in [1.54, 1.807) is 48.3 Å². The Bertz CT molecular complexity index is 676. The Balaban J connectivity index is 1.82. The molecule has 3 unspecified atom stereocenters. The molecule has 6 heteroatoms. The topological polar surface area (TPSA) is 104 Å². The number of aromatic hydroxyl groups is 1. The first kappa shape index (κ1) is 20.4. The molecule has 2 aromatic rings. The zero-order chi connectivity index (χ0) is 19.1. The highest BCUT2D eigenvalue weighted by atomic mass is 16.3. The number of aliphatic hydroxyl groups excluding tert-OH is 4. The average molecular weight is 361 g/mol. The maximum absolute atomic E-state index is 10.2. The zero-order valence-electron chi connectivity index (χ0n) is 14.9. The van der Waals surface area contributed by atoms with Crippen molar-refractivity contribution in [1.29, 1.82) is 0 Å². The molecule has 6 nitrogen and oxygen atoms in total. The number of phenols is 1. The van der Waals surface area contributed by atoms with Crippen LogP contribution < -0.4 is 0 Å². The SMILES string of the molecule is CN(CC(O)CC(O)c1ccc(CO)cc1)CC(O)c1cccc(O)c1. The van der Waals surface area contributed by atoms with Gasteiger partial charge in [0.15, 0.2) is 0 Å². The molecule has 26 heavy (non-hydrogen) atoms. The molecule has 0 saturated heterocycles. The van der Waals surface area contributed by atoms with Gasteiger partial charge in [-0.2, -0.15) is 0 Å². The Morgan fingerprint density at radius 3 is 2.19 bits per heavy atom. The standard InChI is InChI=1S/C20H27NO5/c1-21(12-20(26)16-3-2-4-17(23)9-16)11-18(24)10-19(25)15-7-5-14(13-22)6-8-15/h2-9,18-20,22-26H,10-13H2,1H3. The second kappa shape index (κ2) is 9.66. The van der Waals surface area contributed by atoms with Crippen LogP contribution in [0.4, 0.5) is 0 Å². The van der Waals surface area contributed by atoms with Crippen molar-refractivity contribution >= 4 is 0 Å². The molecule has 5 N–H and O–H groups in total. The number of aliphatic hydroxyl groups is 4. The van der Waals surface area contributed by atoms with E-state index in [0.29, 0.717) is 24.2 Å². The Hall–Kier alpha value is -1.96. The van der Waals surface area contributed by atoms with E-state index in [1.807, 2.05) is 0 Å². The van der Waals surface area contributed by atoms with Crippen molar-refractivity contribution in [2.24, 2.45) is 0 Å². The van der Waals surface area contributed by atoms with Crippen LogP contribution in [-0.4, -0.2) is 56.7 Å². The summed E-state index contributed by atoms with van der Waals surface area (Å²) in [6.45, 7) is 0.536. The third-order valence-corrected chi connectivity index (χ3v) is 4.30. The normalized spacial score (nSPS) is 15.0. The van der Waals surface area contributed by atoms with Crippen LogP contribution in [0, 0.1) is 0 Å². The minimum atomic E-state index is -0.804. The molecule has 0 bridgehead atoms. The Morgan fingerprint density at radius 1 is 0.885 bits per heavy atom. The van der Waals surface area contributed by atoms with E-state index in [4.69, 9.17) is 5.11 Å². The Morgan fingerprint density at radius 2 is 1.58 bits per heavy atom. The van der Waals surface area contributed by atoms with Gasteiger partial charge in [0.1, 0.15) is 5.75 Å². The highest BCUT2D eigenvalue weighted by molar-refractivity contribution is 5.28. The van der Waals surface area contributed by atoms with E-state index >= 15 is 0 Å². The van der Waals surface area contributed by atoms with Crippen molar-refractivity contribution in [3.05, 3.63) is 65.2 Å². The van der Waals surface area contributed by atoms with E-state index in [9.17, 15) is 20.4 Å². The number of hydrogen-bond donors (Lipinski definition) is 5. The van der Waals surface area contributed by atoms with E-state index in [-0.39, 0.29) is 18.8 Å². The minimum absolute atomic E-state index is 0.0503. The lowest BCUT2D eigenvalue weighted by Gasteiger charge is -2.24. The second-order valence-corrected chi connectivity index (χ2v) is 6.64. The van der Waals surface area contributed by atoms with E-state index in [1.165, 1.54) is 12.1 Å². The van der Waals surface area contributed by atoms with Gasteiger partial charge >= 0.3 is 0 Å². The maximum atomic E-state index is 10.2. The first-order valence-electron chi connectivity index (χ1n) is 8.60. The van der Waals surface area contributed by atoms with E-state index in [2.05, 4.69) is 0 Å². The van der Waals surface area contributed by atoms with Crippen LogP contribution >= 0.6 is 0 Å². The van der Waals surface area contributed by atoms with Crippen LogP contribution in [-0.2, 0) is 6.61 Å². The summed E-state index contributed by atoms with van der Waals surface area (Å²) in [6, 6.07) is 13.4. The van der Waals surface area contributed by atoms with Crippen LogP contribution in [0.15, 0.2) is 48.5 Å². The van der Waals surface area contributed by atoms with Crippen LogP contribution in [0.5, 0.6) is 5.75 Å². The van der Waals surface area contributed by atoms with Crippen molar-refractivity contribution < 1.29 is 25.5 Å². The number of hydrogen-bond acceptors (Lipinski definition) is 6. The van der Waals surface area contributed by atoms with Gasteiger partial charge in [-0.3, -0.25) is 0 Å². The summed E-state index contributed by atoms with van der Waals surface area (Å²) in [5, 5.41) is 49.2. The summed E-state index contributed by atoms with van der Waals surface area (Å²) < 4.78 is 0. The molecule has 0 heterocycles. The molecule has 0 spiro atoms. The predicted molar refractivity (Wildman–Crippen MR) is 98.5 cm³/mol. The Labute approximate surface area is 153 Å². The van der Waals surface area contributed by atoms with Crippen molar-refractivity contribution in [2.75, 3.05) is 20.1 Å². The number of rotatable bonds is 9. The van der Waals surface area contributed by atoms with Crippen molar-refractivity contribution in [3.8, 4) is 5.75 Å². The first-order valence-corrected chi connectivity index (χ1v) is 8.60. The van der Waals surface area contributed by atoms with Crippen LogP contribution in [0.25, 0.3) is 0 Å². The van der Waals surface area contributed by atoms with Gasteiger partial charge in [-0.1, -0.05) is 36.4 Å². The number of benzene rings is 2. The van der Waals surface area contributed by atoms with Crippen molar-refractivity contribution in [1.82, 2.24) is 4.90 Å². The van der Waals surface area contributed by atoms with Gasteiger partial charge in [0.2, 0.25) is 0 Å². The monoisotopic (exact) mass is 361 g/mol. The molecular formula is C20H27NO5. The summed E-state index contributed by atoms with van der Waals surface area (Å²) in [6.07, 6.45) is -2.17. The number of nitrogens with zero attached hydrogens (tertiary/aromatic N) is 1. The molecule has 0 aliphatic carbocycles. The van der Waals surface area contributed by atoms with Crippen LogP contribution in [0.3, 0.4) is 0 Å². The highest BCUT2D eigenvalue weighted by Gasteiger charge is 2.18. The van der Waals surface area contributed by atoms with Gasteiger partial charge in [0.05, 0.1) is 24.9 Å². The van der Waals surface area contributed by atoms with Crippen LogP contribution in [0.1, 0.15) is 35.3 Å². The van der Waals surface area contributed by atoms with Gasteiger partial charge in [-0.15, -0.1) is 0 Å². The highest BCUT2D eigenvalue weighted by Crippen LogP contribution is 2.21. The van der Waals surface area contributed by atoms with Gasteiger partial charge in [0, 0.05) is 19.5 Å². The largest absolute Gasteiger partial charge is 0.508 e. The van der Waals surface area contributed by atoms with Crippen molar-refractivity contribution in [2.45, 2.75) is 31.3 Å². The molecule has 0 amide bonds. The molecule has 2 rings (SSSR count). The third-order valence-electron chi connectivity index (χ3n) is 4.30. The maximum Gasteiger partial charge on any atom is 0.115 e. The quantitative estimate of drug-likeness (QED) is 0.462. The summed E-state index contributed by atoms with van der Waals surface area (Å²) in [5.41, 5.74) is 2.06.